The van der Waals surface area contributed by atoms with Crippen molar-refractivity contribution in [2.75, 3.05) is 19.8 Å². The van der Waals surface area contributed by atoms with E-state index in [1.54, 1.807) is 0 Å². The Labute approximate surface area is 105 Å². The van der Waals surface area contributed by atoms with Crippen molar-refractivity contribution in [3.63, 3.8) is 0 Å². The lowest BCUT2D eigenvalue weighted by molar-refractivity contribution is -0.175. The molecule has 0 aliphatic carbocycles. The smallest absolute Gasteiger partial charge is 0.411 e. The highest BCUT2D eigenvalue weighted by Gasteiger charge is 2.27. The van der Waals surface area contributed by atoms with Crippen LogP contribution in [0.3, 0.4) is 0 Å². The van der Waals surface area contributed by atoms with Crippen molar-refractivity contribution in [1.82, 2.24) is 0 Å². The summed E-state index contributed by atoms with van der Waals surface area (Å²) >= 11 is 0. The first kappa shape index (κ1) is 15.2. The van der Waals surface area contributed by atoms with Gasteiger partial charge in [-0.2, -0.15) is 13.2 Å². The van der Waals surface area contributed by atoms with Crippen molar-refractivity contribution in [1.29, 1.82) is 0 Å². The molecule has 0 heterocycles. The van der Waals surface area contributed by atoms with Gasteiger partial charge in [-0.1, -0.05) is 0 Å². The van der Waals surface area contributed by atoms with Gasteiger partial charge in [-0.3, -0.25) is 0 Å². The van der Waals surface area contributed by atoms with E-state index in [0.717, 1.165) is 18.2 Å². The minimum atomic E-state index is -4.44. The van der Waals surface area contributed by atoms with E-state index in [1.807, 2.05) is 0 Å². The highest BCUT2D eigenvalue weighted by atomic mass is 19.4. The molecule has 0 spiro atoms. The zero-order valence-electron chi connectivity index (χ0n) is 9.54. The second kappa shape index (κ2) is 6.37. The maximum atomic E-state index is 12.9. The lowest BCUT2D eigenvalue weighted by atomic mass is 10.2. The van der Waals surface area contributed by atoms with Gasteiger partial charge in [0.1, 0.15) is 30.3 Å². The van der Waals surface area contributed by atoms with E-state index in [4.69, 9.17) is 9.84 Å². The van der Waals surface area contributed by atoms with Gasteiger partial charge in [0.05, 0.1) is 6.61 Å². The fourth-order valence-corrected chi connectivity index (χ4v) is 1.19. The fourth-order valence-electron chi connectivity index (χ4n) is 1.19. The van der Waals surface area contributed by atoms with Crippen LogP contribution in [0.15, 0.2) is 18.2 Å². The molecule has 8 heteroatoms. The van der Waals surface area contributed by atoms with Gasteiger partial charge >= 0.3 is 12.1 Å². The van der Waals surface area contributed by atoms with Crippen LogP contribution in [0.5, 0.6) is 5.75 Å². The fraction of sp³-hybridized carbons (Fsp3) is 0.364. The first-order valence-corrected chi connectivity index (χ1v) is 5.10. The molecule has 4 nitrogen and oxygen atoms in total. The van der Waals surface area contributed by atoms with E-state index in [1.165, 1.54) is 0 Å². The Kier molecular flexibility index (Phi) is 5.11. The van der Waals surface area contributed by atoms with Crippen LogP contribution in [0.1, 0.15) is 10.4 Å². The number of aromatic carboxylic acids is 1. The van der Waals surface area contributed by atoms with Crippen molar-refractivity contribution in [3.05, 3.63) is 29.6 Å². The molecule has 1 aromatic rings. The molecule has 0 atom stereocenters. The number of carboxylic acid groups (broad SMARTS) is 1. The molecule has 19 heavy (non-hydrogen) atoms. The number of carboxylic acids is 1. The molecule has 106 valence electrons. The van der Waals surface area contributed by atoms with Gasteiger partial charge in [0.15, 0.2) is 0 Å². The van der Waals surface area contributed by atoms with Gasteiger partial charge in [0.25, 0.3) is 0 Å². The predicted molar refractivity (Wildman–Crippen MR) is 55.7 cm³/mol. The maximum absolute atomic E-state index is 12.9. The number of halogens is 4. The minimum absolute atomic E-state index is 0.261. The van der Waals surface area contributed by atoms with E-state index < -0.39 is 31.2 Å². The van der Waals surface area contributed by atoms with Gasteiger partial charge < -0.3 is 14.6 Å². The van der Waals surface area contributed by atoms with E-state index >= 15 is 0 Å². The van der Waals surface area contributed by atoms with Crippen molar-refractivity contribution < 1.29 is 36.9 Å². The summed E-state index contributed by atoms with van der Waals surface area (Å²) in [4.78, 5) is 10.8. The summed E-state index contributed by atoms with van der Waals surface area (Å²) in [6, 6.07) is 2.78. The van der Waals surface area contributed by atoms with Gasteiger partial charge in [0, 0.05) is 6.07 Å². The Morgan fingerprint density at radius 1 is 1.26 bits per heavy atom. The average Bonchev–Trinajstić information content (AvgIpc) is 2.26. The summed E-state index contributed by atoms with van der Waals surface area (Å²) in [5.41, 5.74) is -0.280. The number of hydrogen-bond acceptors (Lipinski definition) is 3. The Balaban J connectivity index is 2.49. The van der Waals surface area contributed by atoms with Crippen molar-refractivity contribution in [2.24, 2.45) is 0 Å². The molecule has 0 fully saturated rings. The number of benzene rings is 1. The number of ether oxygens (including phenoxy) is 2. The van der Waals surface area contributed by atoms with E-state index in [9.17, 15) is 22.4 Å². The average molecular weight is 282 g/mol. The van der Waals surface area contributed by atoms with Crippen molar-refractivity contribution in [2.45, 2.75) is 6.18 Å². The molecule has 1 N–H and O–H groups in total. The topological polar surface area (TPSA) is 55.8 Å². The third-order valence-electron chi connectivity index (χ3n) is 1.93. The zero-order valence-corrected chi connectivity index (χ0v) is 9.54. The molecule has 0 aliphatic rings. The van der Waals surface area contributed by atoms with Crippen LogP contribution in [0.25, 0.3) is 0 Å². The summed E-state index contributed by atoms with van der Waals surface area (Å²) in [7, 11) is 0. The normalized spacial score (nSPS) is 11.4. The van der Waals surface area contributed by atoms with Gasteiger partial charge in [0.2, 0.25) is 0 Å². The number of hydrogen-bond donors (Lipinski definition) is 1. The Morgan fingerprint density at radius 3 is 2.53 bits per heavy atom. The monoisotopic (exact) mass is 282 g/mol. The van der Waals surface area contributed by atoms with E-state index in [0.29, 0.717) is 0 Å². The van der Waals surface area contributed by atoms with Gasteiger partial charge in [-0.05, 0) is 12.1 Å². The number of rotatable bonds is 6. The van der Waals surface area contributed by atoms with E-state index in [-0.39, 0.29) is 17.9 Å². The van der Waals surface area contributed by atoms with Crippen LogP contribution in [0.2, 0.25) is 0 Å². The largest absolute Gasteiger partial charge is 0.490 e. The second-order valence-corrected chi connectivity index (χ2v) is 3.46. The van der Waals surface area contributed by atoms with Crippen LogP contribution in [-0.4, -0.2) is 37.1 Å². The molecule has 0 aliphatic heterocycles. The molecule has 0 bridgehead atoms. The molecule has 1 rings (SSSR count). The molecular formula is C11H10F4O4. The highest BCUT2D eigenvalue weighted by Crippen LogP contribution is 2.20. The van der Waals surface area contributed by atoms with Gasteiger partial charge in [-0.15, -0.1) is 0 Å². The van der Waals surface area contributed by atoms with Crippen LogP contribution < -0.4 is 4.74 Å². The third kappa shape index (κ3) is 5.56. The standard InChI is InChI=1S/C11H10F4O4/c12-7-1-2-8(10(16)17)9(5-7)19-4-3-18-6-11(13,14)15/h1-2,5H,3-4,6H2,(H,16,17). The molecule has 0 saturated carbocycles. The Morgan fingerprint density at radius 2 is 1.95 bits per heavy atom. The molecule has 0 aromatic heterocycles. The molecule has 0 saturated heterocycles. The van der Waals surface area contributed by atoms with Crippen LogP contribution in [0.4, 0.5) is 17.6 Å². The first-order chi connectivity index (χ1) is 8.79. The first-order valence-electron chi connectivity index (χ1n) is 5.10. The molecule has 1 aromatic carbocycles. The molecular weight excluding hydrogens is 272 g/mol. The minimum Gasteiger partial charge on any atom is -0.490 e. The van der Waals surface area contributed by atoms with Crippen LogP contribution in [-0.2, 0) is 4.74 Å². The third-order valence-corrected chi connectivity index (χ3v) is 1.93. The highest BCUT2D eigenvalue weighted by molar-refractivity contribution is 5.90. The van der Waals surface area contributed by atoms with Crippen molar-refractivity contribution in [3.8, 4) is 5.75 Å². The Bertz CT molecular complexity index is 445. The molecule has 0 radical (unpaired) electrons. The van der Waals surface area contributed by atoms with Crippen LogP contribution in [0, 0.1) is 5.82 Å². The lowest BCUT2D eigenvalue weighted by Gasteiger charge is -2.10. The van der Waals surface area contributed by atoms with E-state index in [2.05, 4.69) is 4.74 Å². The summed E-state index contributed by atoms with van der Waals surface area (Å²) in [6.07, 6.45) is -4.44. The molecule has 0 unspecified atom stereocenters. The number of carbonyl (C=O) groups is 1. The van der Waals surface area contributed by atoms with Crippen molar-refractivity contribution >= 4 is 5.97 Å². The van der Waals surface area contributed by atoms with Crippen LogP contribution >= 0.6 is 0 Å². The van der Waals surface area contributed by atoms with Gasteiger partial charge in [-0.25, -0.2) is 9.18 Å². The predicted octanol–water partition coefficient (Wildman–Crippen LogP) is 2.48. The maximum Gasteiger partial charge on any atom is 0.411 e. The summed E-state index contributed by atoms with van der Waals surface area (Å²) < 4.78 is 57.2. The zero-order chi connectivity index (χ0) is 14.5. The summed E-state index contributed by atoms with van der Waals surface area (Å²) in [6.45, 7) is -2.14. The second-order valence-electron chi connectivity index (χ2n) is 3.46. The summed E-state index contributed by atoms with van der Waals surface area (Å²) in [5.74, 6) is -2.30. The quantitative estimate of drug-likeness (QED) is 0.643. The molecule has 0 amide bonds. The Hall–Kier alpha value is -1.83. The SMILES string of the molecule is O=C(O)c1ccc(F)cc1OCCOCC(F)(F)F. The number of alkyl halides is 3. The summed E-state index contributed by atoms with van der Waals surface area (Å²) in [5, 5.41) is 8.78. The lowest BCUT2D eigenvalue weighted by Crippen LogP contribution is -2.19.